The molecule has 2 rings (SSSR count). The van der Waals surface area contributed by atoms with E-state index in [0.717, 1.165) is 11.8 Å². The van der Waals surface area contributed by atoms with E-state index in [1.165, 1.54) is 45.4 Å². The van der Waals surface area contributed by atoms with Crippen LogP contribution in [-0.4, -0.2) is 26.2 Å². The maximum Gasteiger partial charge on any atom is -0.00227 e. The van der Waals surface area contributed by atoms with E-state index in [0.29, 0.717) is 0 Å². The van der Waals surface area contributed by atoms with Crippen molar-refractivity contribution < 1.29 is 0 Å². The van der Waals surface area contributed by atoms with Crippen molar-refractivity contribution in [3.05, 3.63) is 0 Å². The van der Waals surface area contributed by atoms with E-state index in [1.807, 2.05) is 0 Å². The molecule has 2 nitrogen and oxygen atoms in total. The quantitative estimate of drug-likeness (QED) is 0.650. The molecule has 2 fully saturated rings. The average Bonchev–Trinajstić information content (AvgIpc) is 2.58. The Morgan fingerprint density at radius 1 is 0.733 bits per heavy atom. The van der Waals surface area contributed by atoms with Crippen LogP contribution in [0.4, 0.5) is 0 Å². The van der Waals surface area contributed by atoms with Crippen molar-refractivity contribution >= 4 is 0 Å². The van der Waals surface area contributed by atoms with E-state index in [9.17, 15) is 0 Å². The van der Waals surface area contributed by atoms with Gasteiger partial charge in [-0.1, -0.05) is 28.7 Å². The summed E-state index contributed by atoms with van der Waals surface area (Å²) < 4.78 is 0. The third kappa shape index (κ3) is 8.88. The van der Waals surface area contributed by atoms with Crippen LogP contribution in [0.25, 0.3) is 0 Å². The minimum Gasteiger partial charge on any atom is -0.317 e. The minimum absolute atomic E-state index is 0. The zero-order chi connectivity index (χ0) is 9.52. The van der Waals surface area contributed by atoms with Gasteiger partial charge in [-0.05, 0) is 57.3 Å². The molecule has 0 radical (unpaired) electrons. The molecule has 0 aliphatic carbocycles. The number of nitrogens with one attached hydrogen (secondary N) is 2. The molecule has 0 bridgehead atoms. The fraction of sp³-hybridized carbons (Fsp3) is 1.00. The summed E-state index contributed by atoms with van der Waals surface area (Å²) in [6.45, 7) is 9.55. The van der Waals surface area contributed by atoms with Crippen molar-refractivity contribution in [2.45, 2.75) is 48.0 Å². The summed E-state index contributed by atoms with van der Waals surface area (Å²) in [4.78, 5) is 0. The van der Waals surface area contributed by atoms with Crippen molar-refractivity contribution in [2.24, 2.45) is 11.8 Å². The fourth-order valence-electron chi connectivity index (χ4n) is 1.77. The predicted octanol–water partition coefficient (Wildman–Crippen LogP) is 2.89. The molecule has 2 heterocycles. The molecule has 2 heteroatoms. The highest BCUT2D eigenvalue weighted by Gasteiger charge is 2.06. The average molecular weight is 216 g/mol. The van der Waals surface area contributed by atoms with Crippen LogP contribution in [-0.2, 0) is 0 Å². The molecule has 2 aliphatic heterocycles. The Balaban J connectivity index is 0. The number of rotatable bonds is 0. The third-order valence-electron chi connectivity index (χ3n) is 2.93. The first-order chi connectivity index (χ1) is 6.29. The summed E-state index contributed by atoms with van der Waals surface area (Å²) in [6, 6.07) is 0. The zero-order valence-corrected chi connectivity index (χ0v) is 9.10. The van der Waals surface area contributed by atoms with Gasteiger partial charge >= 0.3 is 0 Å². The van der Waals surface area contributed by atoms with Gasteiger partial charge in [-0.3, -0.25) is 0 Å². The summed E-state index contributed by atoms with van der Waals surface area (Å²) in [5.74, 6) is 1.91. The van der Waals surface area contributed by atoms with Gasteiger partial charge in [-0.15, -0.1) is 0 Å². The van der Waals surface area contributed by atoms with Crippen LogP contribution >= 0.6 is 0 Å². The second-order valence-corrected chi connectivity index (χ2v) is 4.53. The second-order valence-electron chi connectivity index (χ2n) is 4.53. The molecule has 0 saturated carbocycles. The number of hydrogen-bond acceptors (Lipinski definition) is 2. The van der Waals surface area contributed by atoms with E-state index in [1.54, 1.807) is 0 Å². The Labute approximate surface area is 97.2 Å². The topological polar surface area (TPSA) is 24.1 Å². The van der Waals surface area contributed by atoms with Gasteiger partial charge in [0.05, 0.1) is 0 Å². The first-order valence-electron chi connectivity index (χ1n) is 5.70. The highest BCUT2D eigenvalue weighted by atomic mass is 14.9. The first-order valence-corrected chi connectivity index (χ1v) is 5.70. The van der Waals surface area contributed by atoms with E-state index in [4.69, 9.17) is 0 Å². The summed E-state index contributed by atoms with van der Waals surface area (Å²) >= 11 is 0. The van der Waals surface area contributed by atoms with Crippen molar-refractivity contribution in [2.75, 3.05) is 26.2 Å². The highest BCUT2D eigenvalue weighted by Crippen LogP contribution is 2.08. The number of hydrogen-bond donors (Lipinski definition) is 2. The van der Waals surface area contributed by atoms with Crippen LogP contribution in [0.1, 0.15) is 48.0 Å². The molecule has 0 aromatic rings. The van der Waals surface area contributed by atoms with Gasteiger partial charge in [0.25, 0.3) is 0 Å². The predicted molar refractivity (Wildman–Crippen MR) is 71.4 cm³/mol. The molecule has 0 spiro atoms. The highest BCUT2D eigenvalue weighted by molar-refractivity contribution is 4.65. The van der Waals surface area contributed by atoms with Crippen molar-refractivity contribution in [3.8, 4) is 0 Å². The standard InChI is InChI=1S/C6H13N.C5H11N.2CH4/c1-6-2-4-7-5-3-6;1-5-2-3-6-4-5;;/h6-7H,2-5H2,1H3;5-6H,2-4H2,1H3;2*1H4. The van der Waals surface area contributed by atoms with E-state index >= 15 is 0 Å². The molecule has 2 saturated heterocycles. The van der Waals surface area contributed by atoms with Gasteiger partial charge in [0, 0.05) is 0 Å². The Morgan fingerprint density at radius 3 is 1.40 bits per heavy atom. The molecular formula is C13H32N2. The molecule has 2 aliphatic rings. The summed E-state index contributed by atoms with van der Waals surface area (Å²) in [6.07, 6.45) is 4.12. The molecular weight excluding hydrogens is 184 g/mol. The Morgan fingerprint density at radius 2 is 1.20 bits per heavy atom. The minimum atomic E-state index is 0. The second kappa shape index (κ2) is 10.4. The van der Waals surface area contributed by atoms with E-state index in [-0.39, 0.29) is 14.9 Å². The van der Waals surface area contributed by atoms with Crippen molar-refractivity contribution in [1.82, 2.24) is 10.6 Å². The first kappa shape index (κ1) is 17.3. The molecule has 0 aromatic carbocycles. The fourth-order valence-corrected chi connectivity index (χ4v) is 1.77. The lowest BCUT2D eigenvalue weighted by Gasteiger charge is -2.17. The maximum absolute atomic E-state index is 3.32. The Bertz CT molecular complexity index is 114. The van der Waals surface area contributed by atoms with Gasteiger partial charge < -0.3 is 10.6 Å². The number of piperidine rings is 1. The van der Waals surface area contributed by atoms with Gasteiger partial charge in [0.2, 0.25) is 0 Å². The van der Waals surface area contributed by atoms with Gasteiger partial charge in [0.15, 0.2) is 0 Å². The zero-order valence-electron chi connectivity index (χ0n) is 9.10. The Hall–Kier alpha value is -0.0800. The van der Waals surface area contributed by atoms with E-state index < -0.39 is 0 Å². The monoisotopic (exact) mass is 216 g/mol. The molecule has 0 aromatic heterocycles. The smallest absolute Gasteiger partial charge is 0.00227 e. The summed E-state index contributed by atoms with van der Waals surface area (Å²) in [5.41, 5.74) is 0. The van der Waals surface area contributed by atoms with Crippen molar-refractivity contribution in [3.63, 3.8) is 0 Å². The molecule has 1 unspecified atom stereocenters. The largest absolute Gasteiger partial charge is 0.317 e. The van der Waals surface area contributed by atoms with Crippen LogP contribution in [0.5, 0.6) is 0 Å². The van der Waals surface area contributed by atoms with Gasteiger partial charge in [-0.25, -0.2) is 0 Å². The molecule has 94 valence electrons. The lowest BCUT2D eigenvalue weighted by atomic mass is 10.0. The third-order valence-corrected chi connectivity index (χ3v) is 2.93. The molecule has 2 N–H and O–H groups in total. The maximum atomic E-state index is 3.32. The SMILES string of the molecule is C.C.CC1CCNC1.CC1CCNCC1. The van der Waals surface area contributed by atoms with Gasteiger partial charge in [-0.2, -0.15) is 0 Å². The van der Waals surface area contributed by atoms with Crippen LogP contribution < -0.4 is 10.6 Å². The molecule has 0 amide bonds. The van der Waals surface area contributed by atoms with Crippen LogP contribution in [0, 0.1) is 11.8 Å². The Kier molecular flexibility index (Phi) is 12.1. The lowest BCUT2D eigenvalue weighted by molar-refractivity contribution is 0.402. The van der Waals surface area contributed by atoms with Crippen LogP contribution in [0.3, 0.4) is 0 Å². The van der Waals surface area contributed by atoms with Crippen LogP contribution in [0.2, 0.25) is 0 Å². The normalized spacial score (nSPS) is 25.6. The molecule has 1 atom stereocenters. The molecule has 15 heavy (non-hydrogen) atoms. The lowest BCUT2D eigenvalue weighted by Crippen LogP contribution is -2.26. The summed E-state index contributed by atoms with van der Waals surface area (Å²) in [5, 5.41) is 6.59. The summed E-state index contributed by atoms with van der Waals surface area (Å²) in [7, 11) is 0. The van der Waals surface area contributed by atoms with Crippen molar-refractivity contribution in [1.29, 1.82) is 0 Å². The van der Waals surface area contributed by atoms with E-state index in [2.05, 4.69) is 24.5 Å². The van der Waals surface area contributed by atoms with Gasteiger partial charge in [0.1, 0.15) is 0 Å². The van der Waals surface area contributed by atoms with Crippen LogP contribution in [0.15, 0.2) is 0 Å².